The number of unbranched alkanes of at least 4 members (excludes halogenated alkanes) is 3. The molecule has 2 rings (SSSR count). The summed E-state index contributed by atoms with van der Waals surface area (Å²) in [6.07, 6.45) is 9.61. The van der Waals surface area contributed by atoms with E-state index >= 15 is 0 Å². The van der Waals surface area contributed by atoms with Gasteiger partial charge in [0, 0.05) is 19.0 Å². The summed E-state index contributed by atoms with van der Waals surface area (Å²) in [5.74, 6) is 2.65. The number of carbonyl (C=O) groups is 2. The first-order valence-electron chi connectivity index (χ1n) is 11.5. The number of aliphatic hydroxyl groups excluding tert-OH is 2. The number of rotatable bonds is 9. The van der Waals surface area contributed by atoms with Gasteiger partial charge in [-0.3, -0.25) is 14.8 Å². The van der Waals surface area contributed by atoms with Crippen molar-refractivity contribution in [2.45, 2.75) is 77.7 Å². The molecule has 2 aliphatic rings. The van der Waals surface area contributed by atoms with Crippen LogP contribution in [0.2, 0.25) is 0 Å². The molecule has 0 aromatic heterocycles. The van der Waals surface area contributed by atoms with E-state index in [0.29, 0.717) is 25.1 Å². The minimum atomic E-state index is -1.01. The molecule has 0 aliphatic carbocycles. The maximum Gasteiger partial charge on any atom is 0.243 e. The lowest BCUT2D eigenvalue weighted by Gasteiger charge is -2.31. The number of nitrogens with zero attached hydrogens (tertiary/aromatic N) is 2. The molecule has 0 spiro atoms. The molecule has 1 fully saturated rings. The van der Waals surface area contributed by atoms with Gasteiger partial charge in [-0.1, -0.05) is 46.1 Å². The van der Waals surface area contributed by atoms with E-state index in [4.69, 9.17) is 16.4 Å². The van der Waals surface area contributed by atoms with Crippen molar-refractivity contribution in [3.05, 3.63) is 24.7 Å². The highest BCUT2D eigenvalue weighted by atomic mass is 16.5. The average molecular weight is 479 g/mol. The number of hydrogen-bond acceptors (Lipinski definition) is 8. The predicted molar refractivity (Wildman–Crippen MR) is 128 cm³/mol. The van der Waals surface area contributed by atoms with E-state index in [1.165, 1.54) is 0 Å². The lowest BCUT2D eigenvalue weighted by molar-refractivity contribution is -0.129. The number of hydroxylamine groups is 1. The van der Waals surface area contributed by atoms with Crippen LogP contribution < -0.4 is 10.8 Å². The van der Waals surface area contributed by atoms with Gasteiger partial charge in [-0.05, 0) is 24.8 Å². The van der Waals surface area contributed by atoms with E-state index in [1.807, 2.05) is 0 Å². The van der Waals surface area contributed by atoms with Crippen LogP contribution in [0.1, 0.15) is 59.3 Å². The first kappa shape index (κ1) is 29.3. The molecule has 34 heavy (non-hydrogen) atoms. The summed E-state index contributed by atoms with van der Waals surface area (Å²) >= 11 is 0. The second kappa shape index (κ2) is 15.2. The van der Waals surface area contributed by atoms with Gasteiger partial charge >= 0.3 is 0 Å². The van der Waals surface area contributed by atoms with Crippen LogP contribution >= 0.6 is 0 Å². The molecule has 0 bridgehead atoms. The molecular formula is C24H38N4O6. The van der Waals surface area contributed by atoms with Gasteiger partial charge in [-0.2, -0.15) is 0 Å². The topological polar surface area (TPSA) is 144 Å². The molecule has 2 amide bonds. The second-order valence-corrected chi connectivity index (χ2v) is 8.80. The van der Waals surface area contributed by atoms with Crippen molar-refractivity contribution in [2.24, 2.45) is 16.8 Å². The van der Waals surface area contributed by atoms with Gasteiger partial charge in [0.15, 0.2) is 6.23 Å². The number of nitrogens with one attached hydrogen (secondary N) is 2. The largest absolute Gasteiger partial charge is 0.394 e. The zero-order valence-electron chi connectivity index (χ0n) is 20.2. The zero-order valence-corrected chi connectivity index (χ0v) is 20.2. The number of terminal acetylenes is 1. The molecule has 0 saturated carbocycles. The normalized spacial score (nSPS) is 23.6. The Morgan fingerprint density at radius 2 is 1.82 bits per heavy atom. The molecule has 0 aromatic carbocycles. The number of ether oxygens (including phenoxy) is 1. The summed E-state index contributed by atoms with van der Waals surface area (Å²) < 4.78 is 5.64. The van der Waals surface area contributed by atoms with E-state index in [1.54, 1.807) is 22.7 Å². The molecular weight excluding hydrogens is 440 g/mol. The third-order valence-corrected chi connectivity index (χ3v) is 4.91. The number of aliphatic hydroxyl groups is 2. The molecule has 5 N–H and O–H groups in total. The van der Waals surface area contributed by atoms with Crippen molar-refractivity contribution in [3.63, 3.8) is 0 Å². The van der Waals surface area contributed by atoms with Crippen molar-refractivity contribution in [3.8, 4) is 12.3 Å². The summed E-state index contributed by atoms with van der Waals surface area (Å²) in [5.41, 5.74) is 1.58. The number of carbonyl (C=O) groups excluding carboxylic acids is 2. The first-order chi connectivity index (χ1) is 16.1. The van der Waals surface area contributed by atoms with Gasteiger partial charge in [-0.15, -0.1) is 6.42 Å². The monoisotopic (exact) mass is 478 g/mol. The van der Waals surface area contributed by atoms with Crippen LogP contribution in [-0.4, -0.2) is 63.0 Å². The molecule has 2 aliphatic heterocycles. The van der Waals surface area contributed by atoms with Crippen LogP contribution in [0.25, 0.3) is 0 Å². The molecule has 190 valence electrons. The molecule has 10 heteroatoms. The molecule has 0 aromatic rings. The minimum absolute atomic E-state index is 0.192. The summed E-state index contributed by atoms with van der Waals surface area (Å²) in [7, 11) is 0. The van der Waals surface area contributed by atoms with Gasteiger partial charge in [0.05, 0.1) is 12.5 Å². The summed E-state index contributed by atoms with van der Waals surface area (Å²) in [4.78, 5) is 28.8. The molecule has 10 nitrogen and oxygen atoms in total. The van der Waals surface area contributed by atoms with Crippen LogP contribution in [0, 0.1) is 24.2 Å². The molecule has 0 radical (unpaired) electrons. The van der Waals surface area contributed by atoms with Gasteiger partial charge in [0.2, 0.25) is 11.8 Å². The number of aliphatic imine (C=N–C) groups is 1. The van der Waals surface area contributed by atoms with Crippen molar-refractivity contribution >= 4 is 17.6 Å². The fourth-order valence-corrected chi connectivity index (χ4v) is 3.27. The Labute approximate surface area is 201 Å². The quantitative estimate of drug-likeness (QED) is 0.147. The number of hydrogen-bond donors (Lipinski definition) is 5. The highest BCUT2D eigenvalue weighted by molar-refractivity contribution is 6.05. The molecule has 3 unspecified atom stereocenters. The Kier molecular flexibility index (Phi) is 13.1. The van der Waals surface area contributed by atoms with Crippen LogP contribution in [0.4, 0.5) is 0 Å². The lowest BCUT2D eigenvalue weighted by atomic mass is 10.0. The van der Waals surface area contributed by atoms with Crippen molar-refractivity contribution in [2.75, 3.05) is 6.61 Å². The number of amides is 2. The Balaban J connectivity index is 0.00000133. The summed E-state index contributed by atoms with van der Waals surface area (Å²) in [6, 6.07) is 0. The Bertz CT molecular complexity index is 786. The fourth-order valence-electron chi connectivity index (χ4n) is 3.27. The zero-order chi connectivity index (χ0) is 25.7. The fraction of sp³-hybridized carbons (Fsp3) is 0.625. The van der Waals surface area contributed by atoms with Crippen molar-refractivity contribution in [1.82, 2.24) is 15.7 Å². The first-order valence-corrected chi connectivity index (χ1v) is 11.5. The van der Waals surface area contributed by atoms with E-state index < -0.39 is 30.3 Å². The maximum atomic E-state index is 12.1. The third-order valence-electron chi connectivity index (χ3n) is 4.91. The predicted octanol–water partition coefficient (Wildman–Crippen LogP) is 1.64. The van der Waals surface area contributed by atoms with Crippen molar-refractivity contribution < 1.29 is 29.7 Å². The SMILES string of the molecule is C#CC1C(N2C=CC(NC(=O)CCCCCCC(=O)NO)=NC2=C)OC(CO)[C@H]1O.CC(C)C. The van der Waals surface area contributed by atoms with Crippen LogP contribution in [-0.2, 0) is 14.3 Å². The van der Waals surface area contributed by atoms with E-state index in [0.717, 1.165) is 18.8 Å². The third kappa shape index (κ3) is 9.65. The van der Waals surface area contributed by atoms with Crippen LogP contribution in [0.3, 0.4) is 0 Å². The van der Waals surface area contributed by atoms with Gasteiger partial charge in [-0.25, -0.2) is 10.5 Å². The van der Waals surface area contributed by atoms with Crippen molar-refractivity contribution in [1.29, 1.82) is 0 Å². The van der Waals surface area contributed by atoms with Crippen LogP contribution in [0.5, 0.6) is 0 Å². The van der Waals surface area contributed by atoms with Crippen LogP contribution in [0.15, 0.2) is 29.7 Å². The Morgan fingerprint density at radius 1 is 1.24 bits per heavy atom. The van der Waals surface area contributed by atoms with Gasteiger partial charge < -0.3 is 25.2 Å². The van der Waals surface area contributed by atoms with E-state index in [-0.39, 0.29) is 24.8 Å². The second-order valence-electron chi connectivity index (χ2n) is 8.80. The lowest BCUT2D eigenvalue weighted by Crippen LogP contribution is -2.39. The van der Waals surface area contributed by atoms with Gasteiger partial charge in [0.25, 0.3) is 0 Å². The van der Waals surface area contributed by atoms with E-state index in [9.17, 15) is 19.8 Å². The number of amidine groups is 1. The Morgan fingerprint density at radius 3 is 2.32 bits per heavy atom. The molecule has 4 atom stereocenters. The average Bonchev–Trinajstić information content (AvgIpc) is 3.10. The molecule has 1 saturated heterocycles. The minimum Gasteiger partial charge on any atom is -0.394 e. The summed E-state index contributed by atoms with van der Waals surface area (Å²) in [6.45, 7) is 9.99. The maximum absolute atomic E-state index is 12.1. The summed E-state index contributed by atoms with van der Waals surface area (Å²) in [5, 5.41) is 30.6. The smallest absolute Gasteiger partial charge is 0.243 e. The highest BCUT2D eigenvalue weighted by Gasteiger charge is 2.45. The van der Waals surface area contributed by atoms with E-state index in [2.05, 4.69) is 43.6 Å². The molecule has 2 heterocycles. The van der Waals surface area contributed by atoms with Gasteiger partial charge in [0.1, 0.15) is 23.9 Å². The highest BCUT2D eigenvalue weighted by Crippen LogP contribution is 2.32. The Hall–Kier alpha value is -2.71. The standard InChI is InChI=1S/C20H28N4O6.C4H10/c1-3-14-19(28)15(12-25)30-20(14)24-11-10-16(21-13(24)2)22-17(26)8-6-4-5-7-9-18(27)23-29;1-4(2)3/h1,10-11,14-15,19-20,25,28-29H,2,4-9,12H2,(H,23,27)(H,21,22,26);4H,1-3H3/t14?,15?,19-,20?;/m0./s1.